The second-order valence-corrected chi connectivity index (χ2v) is 3.98. The van der Waals surface area contributed by atoms with Crippen molar-refractivity contribution in [1.29, 1.82) is 5.26 Å². The molecule has 0 fully saturated rings. The zero-order valence-corrected chi connectivity index (χ0v) is 10.2. The minimum Gasteiger partial charge on any atom is -0.398 e. The Labute approximate surface area is 102 Å². The summed E-state index contributed by atoms with van der Waals surface area (Å²) >= 11 is 0. The van der Waals surface area contributed by atoms with Crippen LogP contribution in [0, 0.1) is 18.4 Å². The van der Waals surface area contributed by atoms with Crippen LogP contribution in [0.2, 0.25) is 0 Å². The third kappa shape index (κ3) is 3.22. The molecule has 4 heteroatoms. The van der Waals surface area contributed by atoms with Crippen LogP contribution >= 0.6 is 0 Å². The van der Waals surface area contributed by atoms with Crippen molar-refractivity contribution in [3.8, 4) is 6.19 Å². The molecular weight excluding hydrogens is 214 g/mol. The molecule has 1 aromatic carbocycles. The van der Waals surface area contributed by atoms with E-state index in [1.807, 2.05) is 20.0 Å². The Balaban J connectivity index is 2.87. The van der Waals surface area contributed by atoms with Crippen LogP contribution in [0.25, 0.3) is 0 Å². The van der Waals surface area contributed by atoms with E-state index in [0.717, 1.165) is 18.4 Å². The molecule has 0 unspecified atom stereocenters. The van der Waals surface area contributed by atoms with Crippen LogP contribution in [0.4, 0.5) is 5.69 Å². The molecule has 0 radical (unpaired) electrons. The largest absolute Gasteiger partial charge is 0.398 e. The van der Waals surface area contributed by atoms with E-state index in [1.54, 1.807) is 18.2 Å². The molecule has 0 aliphatic heterocycles. The number of benzene rings is 1. The first-order valence-corrected chi connectivity index (χ1v) is 5.67. The van der Waals surface area contributed by atoms with Gasteiger partial charge in [0.15, 0.2) is 6.19 Å². The highest BCUT2D eigenvalue weighted by molar-refractivity contribution is 5.96. The molecule has 1 aromatic rings. The van der Waals surface area contributed by atoms with E-state index in [-0.39, 0.29) is 5.91 Å². The predicted molar refractivity (Wildman–Crippen MR) is 67.1 cm³/mol. The number of amides is 1. The van der Waals surface area contributed by atoms with Crippen LogP contribution in [0.1, 0.15) is 35.7 Å². The van der Waals surface area contributed by atoms with Gasteiger partial charge >= 0.3 is 0 Å². The molecule has 0 aliphatic rings. The van der Waals surface area contributed by atoms with Crippen LogP contribution in [-0.4, -0.2) is 17.4 Å². The number of nitrogen functional groups attached to an aromatic ring is 1. The van der Waals surface area contributed by atoms with Crippen molar-refractivity contribution >= 4 is 11.6 Å². The molecule has 0 bridgehead atoms. The van der Waals surface area contributed by atoms with E-state index >= 15 is 0 Å². The first kappa shape index (κ1) is 13.0. The fourth-order valence-corrected chi connectivity index (χ4v) is 1.44. The van der Waals surface area contributed by atoms with Crippen molar-refractivity contribution in [2.45, 2.75) is 26.7 Å². The van der Waals surface area contributed by atoms with Gasteiger partial charge in [-0.1, -0.05) is 19.4 Å². The molecule has 1 amide bonds. The number of nitrogens with two attached hydrogens (primary N) is 1. The quantitative estimate of drug-likeness (QED) is 0.491. The maximum absolute atomic E-state index is 12.0. The van der Waals surface area contributed by atoms with Gasteiger partial charge < -0.3 is 5.73 Å². The molecule has 4 nitrogen and oxygen atoms in total. The number of nitriles is 1. The lowest BCUT2D eigenvalue weighted by molar-refractivity contribution is 0.0831. The number of rotatable bonds is 4. The summed E-state index contributed by atoms with van der Waals surface area (Å²) in [5, 5.41) is 8.93. The van der Waals surface area contributed by atoms with Gasteiger partial charge in [-0.25, -0.2) is 4.90 Å². The predicted octanol–water partition coefficient (Wildman–Crippen LogP) is 2.30. The van der Waals surface area contributed by atoms with Crippen molar-refractivity contribution in [3.63, 3.8) is 0 Å². The summed E-state index contributed by atoms with van der Waals surface area (Å²) in [4.78, 5) is 13.2. The molecule has 0 aromatic heterocycles. The first-order valence-electron chi connectivity index (χ1n) is 5.67. The van der Waals surface area contributed by atoms with Gasteiger partial charge in [0.1, 0.15) is 0 Å². The average molecular weight is 231 g/mol. The van der Waals surface area contributed by atoms with Gasteiger partial charge in [-0.2, -0.15) is 5.26 Å². The third-order valence-corrected chi connectivity index (χ3v) is 2.63. The zero-order chi connectivity index (χ0) is 12.8. The number of hydrogen-bond acceptors (Lipinski definition) is 3. The minimum absolute atomic E-state index is 0.285. The zero-order valence-electron chi connectivity index (χ0n) is 10.2. The van der Waals surface area contributed by atoms with Gasteiger partial charge in [-0.15, -0.1) is 0 Å². The Hall–Kier alpha value is -2.02. The van der Waals surface area contributed by atoms with E-state index in [4.69, 9.17) is 11.0 Å². The highest BCUT2D eigenvalue weighted by atomic mass is 16.2. The number of anilines is 1. The van der Waals surface area contributed by atoms with Crippen LogP contribution in [0.3, 0.4) is 0 Å². The molecule has 90 valence electrons. The van der Waals surface area contributed by atoms with Gasteiger partial charge in [0.2, 0.25) is 0 Å². The lowest BCUT2D eigenvalue weighted by Gasteiger charge is -2.13. The van der Waals surface area contributed by atoms with Crippen LogP contribution < -0.4 is 5.73 Å². The van der Waals surface area contributed by atoms with Gasteiger partial charge in [0.05, 0.1) is 0 Å². The standard InChI is InChI=1S/C13H17N3O/c1-3-4-7-16(9-14)13(17)11-6-5-10(2)12(15)8-11/h5-6,8H,3-4,7,15H2,1-2H3. The summed E-state index contributed by atoms with van der Waals surface area (Å²) < 4.78 is 0. The van der Waals surface area contributed by atoms with E-state index in [9.17, 15) is 4.79 Å². The summed E-state index contributed by atoms with van der Waals surface area (Å²) in [6, 6.07) is 5.11. The fraction of sp³-hybridized carbons (Fsp3) is 0.385. The SMILES string of the molecule is CCCCN(C#N)C(=O)c1ccc(C)c(N)c1. The molecule has 0 saturated carbocycles. The Kier molecular flexibility index (Phi) is 4.53. The van der Waals surface area contributed by atoms with Gasteiger partial charge in [0, 0.05) is 17.8 Å². The summed E-state index contributed by atoms with van der Waals surface area (Å²) in [7, 11) is 0. The molecular formula is C13H17N3O. The molecule has 0 spiro atoms. The highest BCUT2D eigenvalue weighted by Crippen LogP contribution is 2.14. The highest BCUT2D eigenvalue weighted by Gasteiger charge is 2.15. The van der Waals surface area contributed by atoms with Crippen molar-refractivity contribution in [1.82, 2.24) is 4.90 Å². The molecule has 2 N–H and O–H groups in total. The maximum atomic E-state index is 12.0. The van der Waals surface area contributed by atoms with Crippen LogP contribution in [-0.2, 0) is 0 Å². The lowest BCUT2D eigenvalue weighted by Crippen LogP contribution is -2.27. The normalized spacial score (nSPS) is 9.71. The Morgan fingerprint density at radius 2 is 2.24 bits per heavy atom. The number of carbonyl (C=O) groups excluding carboxylic acids is 1. The number of nitrogens with zero attached hydrogens (tertiary/aromatic N) is 2. The molecule has 0 saturated heterocycles. The number of hydrogen-bond donors (Lipinski definition) is 1. The minimum atomic E-state index is -0.285. The number of carbonyl (C=O) groups is 1. The van der Waals surface area contributed by atoms with Crippen molar-refractivity contribution in [2.24, 2.45) is 0 Å². The van der Waals surface area contributed by atoms with Gasteiger partial charge in [-0.05, 0) is 31.0 Å². The molecule has 1 rings (SSSR count). The van der Waals surface area contributed by atoms with Crippen molar-refractivity contribution < 1.29 is 4.79 Å². The summed E-state index contributed by atoms with van der Waals surface area (Å²) in [6.07, 6.45) is 3.68. The van der Waals surface area contributed by atoms with E-state index < -0.39 is 0 Å². The Morgan fingerprint density at radius 3 is 2.76 bits per heavy atom. The van der Waals surface area contributed by atoms with E-state index in [1.165, 1.54) is 4.90 Å². The van der Waals surface area contributed by atoms with Gasteiger partial charge in [0.25, 0.3) is 5.91 Å². The number of aryl methyl sites for hydroxylation is 1. The number of unbranched alkanes of at least 4 members (excludes halogenated alkanes) is 1. The van der Waals surface area contributed by atoms with E-state index in [2.05, 4.69) is 0 Å². The smallest absolute Gasteiger partial charge is 0.266 e. The summed E-state index contributed by atoms with van der Waals surface area (Å²) in [5.74, 6) is -0.285. The molecule has 0 heterocycles. The van der Waals surface area contributed by atoms with Crippen molar-refractivity contribution in [3.05, 3.63) is 29.3 Å². The van der Waals surface area contributed by atoms with E-state index in [0.29, 0.717) is 17.8 Å². The van der Waals surface area contributed by atoms with Crippen molar-refractivity contribution in [2.75, 3.05) is 12.3 Å². The summed E-state index contributed by atoms with van der Waals surface area (Å²) in [5.41, 5.74) is 7.71. The second kappa shape index (κ2) is 5.90. The Bertz CT molecular complexity index is 448. The summed E-state index contributed by atoms with van der Waals surface area (Å²) in [6.45, 7) is 4.35. The van der Waals surface area contributed by atoms with Crippen LogP contribution in [0.15, 0.2) is 18.2 Å². The monoisotopic (exact) mass is 231 g/mol. The maximum Gasteiger partial charge on any atom is 0.266 e. The topological polar surface area (TPSA) is 70.1 Å². The van der Waals surface area contributed by atoms with Crippen LogP contribution in [0.5, 0.6) is 0 Å². The fourth-order valence-electron chi connectivity index (χ4n) is 1.44. The third-order valence-electron chi connectivity index (χ3n) is 2.63. The Morgan fingerprint density at radius 1 is 1.53 bits per heavy atom. The molecule has 0 aliphatic carbocycles. The molecule has 17 heavy (non-hydrogen) atoms. The first-order chi connectivity index (χ1) is 8.10. The molecule has 0 atom stereocenters. The second-order valence-electron chi connectivity index (χ2n) is 3.98. The van der Waals surface area contributed by atoms with Gasteiger partial charge in [-0.3, -0.25) is 4.79 Å². The average Bonchev–Trinajstić information content (AvgIpc) is 2.33. The lowest BCUT2D eigenvalue weighted by atomic mass is 10.1.